The van der Waals surface area contributed by atoms with Crippen LogP contribution < -0.4 is 22.1 Å². The summed E-state index contributed by atoms with van der Waals surface area (Å²) in [6, 6.07) is 7.81. The standard InChI is InChI=1S/C18H24N6S/c1-4-21-18-23-12(2)17(25-18)16(20)8-9-22-13(3)24-15-7-5-6-14(10-15)11-19/h5-10,24H,3-4,11,19-20H2,1-2H3,(H,21,23)/b16-8-,22-9-. The predicted octanol–water partition coefficient (Wildman–Crippen LogP) is 3.30. The summed E-state index contributed by atoms with van der Waals surface area (Å²) in [7, 11) is 0. The van der Waals surface area contributed by atoms with Crippen LogP contribution >= 0.6 is 11.3 Å². The summed E-state index contributed by atoms with van der Waals surface area (Å²) >= 11 is 1.53. The van der Waals surface area contributed by atoms with Gasteiger partial charge >= 0.3 is 0 Å². The Morgan fingerprint density at radius 2 is 2.24 bits per heavy atom. The second-order valence-electron chi connectivity index (χ2n) is 5.34. The van der Waals surface area contributed by atoms with Crippen LogP contribution in [-0.4, -0.2) is 17.7 Å². The fraction of sp³-hybridized carbons (Fsp3) is 0.222. The van der Waals surface area contributed by atoms with E-state index < -0.39 is 0 Å². The van der Waals surface area contributed by atoms with Crippen LogP contribution in [-0.2, 0) is 6.54 Å². The van der Waals surface area contributed by atoms with Crippen LogP contribution in [0.25, 0.3) is 5.70 Å². The number of benzene rings is 1. The monoisotopic (exact) mass is 356 g/mol. The number of nitrogens with zero attached hydrogens (tertiary/aromatic N) is 2. The van der Waals surface area contributed by atoms with Crippen LogP contribution in [0.4, 0.5) is 10.8 Å². The lowest BCUT2D eigenvalue weighted by Crippen LogP contribution is -2.00. The third kappa shape index (κ3) is 5.44. The average Bonchev–Trinajstić information content (AvgIpc) is 2.96. The number of hydrogen-bond donors (Lipinski definition) is 4. The minimum atomic E-state index is 0.494. The van der Waals surface area contributed by atoms with Crippen molar-refractivity contribution in [3.63, 3.8) is 0 Å². The molecule has 1 aromatic carbocycles. The molecular weight excluding hydrogens is 332 g/mol. The van der Waals surface area contributed by atoms with Gasteiger partial charge in [-0.2, -0.15) is 0 Å². The molecule has 0 aliphatic heterocycles. The fourth-order valence-electron chi connectivity index (χ4n) is 2.15. The molecule has 6 nitrogen and oxygen atoms in total. The van der Waals surface area contributed by atoms with Gasteiger partial charge in [0.1, 0.15) is 5.82 Å². The van der Waals surface area contributed by atoms with Crippen molar-refractivity contribution in [3.05, 3.63) is 58.9 Å². The van der Waals surface area contributed by atoms with Gasteiger partial charge in [-0.1, -0.05) is 30.0 Å². The predicted molar refractivity (Wildman–Crippen MR) is 109 cm³/mol. The number of thiazole rings is 1. The zero-order valence-corrected chi connectivity index (χ0v) is 15.4. The quantitative estimate of drug-likeness (QED) is 0.544. The van der Waals surface area contributed by atoms with E-state index in [1.807, 2.05) is 38.1 Å². The normalized spacial score (nSPS) is 11.7. The third-order valence-corrected chi connectivity index (χ3v) is 4.49. The lowest BCUT2D eigenvalue weighted by Gasteiger charge is -2.06. The van der Waals surface area contributed by atoms with E-state index in [-0.39, 0.29) is 0 Å². The summed E-state index contributed by atoms with van der Waals surface area (Å²) in [6.45, 7) is 9.18. The molecule has 0 atom stereocenters. The first kappa shape index (κ1) is 18.7. The minimum absolute atomic E-state index is 0.494. The number of aryl methyl sites for hydroxylation is 1. The van der Waals surface area contributed by atoms with E-state index in [1.165, 1.54) is 11.3 Å². The number of allylic oxidation sites excluding steroid dienone is 1. The summed E-state index contributed by atoms with van der Waals surface area (Å²) in [4.78, 5) is 9.64. The van der Waals surface area contributed by atoms with Crippen LogP contribution in [0.3, 0.4) is 0 Å². The van der Waals surface area contributed by atoms with Gasteiger partial charge in [0.15, 0.2) is 5.13 Å². The maximum absolute atomic E-state index is 6.13. The zero-order valence-electron chi connectivity index (χ0n) is 14.5. The van der Waals surface area contributed by atoms with E-state index in [2.05, 4.69) is 27.2 Å². The number of hydrogen-bond acceptors (Lipinski definition) is 7. The van der Waals surface area contributed by atoms with Crippen LogP contribution in [0, 0.1) is 6.92 Å². The summed E-state index contributed by atoms with van der Waals surface area (Å²) in [5.74, 6) is 0.521. The van der Waals surface area contributed by atoms with Gasteiger partial charge < -0.3 is 22.1 Å². The van der Waals surface area contributed by atoms with Gasteiger partial charge in [0.2, 0.25) is 0 Å². The maximum Gasteiger partial charge on any atom is 0.183 e. The van der Waals surface area contributed by atoms with Gasteiger partial charge in [0.25, 0.3) is 0 Å². The molecule has 0 aliphatic rings. The van der Waals surface area contributed by atoms with Crippen LogP contribution in [0.1, 0.15) is 23.1 Å². The van der Waals surface area contributed by atoms with Gasteiger partial charge in [-0.05, 0) is 37.6 Å². The van der Waals surface area contributed by atoms with Crippen molar-refractivity contribution in [2.24, 2.45) is 16.5 Å². The maximum atomic E-state index is 6.13. The first-order chi connectivity index (χ1) is 12.0. The molecule has 0 radical (unpaired) electrons. The van der Waals surface area contributed by atoms with E-state index in [0.29, 0.717) is 18.1 Å². The molecule has 0 spiro atoms. The SMILES string of the molecule is C=C(/N=C\C=C(/N)c1sc(NCC)nc1C)Nc1cccc(CN)c1. The highest BCUT2D eigenvalue weighted by molar-refractivity contribution is 7.16. The molecular formula is C18H24N6S. The van der Waals surface area contributed by atoms with Crippen molar-refractivity contribution < 1.29 is 0 Å². The number of rotatable bonds is 8. The van der Waals surface area contributed by atoms with Gasteiger partial charge in [-0.15, -0.1) is 0 Å². The van der Waals surface area contributed by atoms with E-state index in [1.54, 1.807) is 12.3 Å². The van der Waals surface area contributed by atoms with Gasteiger partial charge in [0.05, 0.1) is 16.3 Å². The summed E-state index contributed by atoms with van der Waals surface area (Å²) < 4.78 is 0. The number of nitrogens with two attached hydrogens (primary N) is 2. The Bertz CT molecular complexity index is 791. The van der Waals surface area contributed by atoms with E-state index in [4.69, 9.17) is 11.5 Å². The van der Waals surface area contributed by atoms with Crippen LogP contribution in [0.5, 0.6) is 0 Å². The highest BCUT2D eigenvalue weighted by atomic mass is 32.1. The Morgan fingerprint density at radius 1 is 1.44 bits per heavy atom. The first-order valence-corrected chi connectivity index (χ1v) is 8.81. The minimum Gasteiger partial charge on any atom is -0.397 e. The Kier molecular flexibility index (Phi) is 6.73. The highest BCUT2D eigenvalue weighted by Crippen LogP contribution is 2.26. The number of anilines is 2. The molecule has 6 N–H and O–H groups in total. The zero-order chi connectivity index (χ0) is 18.2. The molecule has 1 heterocycles. The molecule has 0 unspecified atom stereocenters. The molecule has 0 saturated heterocycles. The fourth-order valence-corrected chi connectivity index (χ4v) is 3.12. The topological polar surface area (TPSA) is 101 Å². The number of aliphatic imine (C=N–C) groups is 1. The molecule has 1 aromatic heterocycles. The number of nitrogens with one attached hydrogen (secondary N) is 2. The molecule has 2 rings (SSSR count). The van der Waals surface area contributed by atoms with E-state index in [9.17, 15) is 0 Å². The highest BCUT2D eigenvalue weighted by Gasteiger charge is 2.08. The van der Waals surface area contributed by atoms with Crippen molar-refractivity contribution in [3.8, 4) is 0 Å². The summed E-state index contributed by atoms with van der Waals surface area (Å²) in [6.07, 6.45) is 3.38. The molecule has 0 fully saturated rings. The van der Waals surface area contributed by atoms with Crippen molar-refractivity contribution >= 4 is 34.1 Å². The van der Waals surface area contributed by atoms with Gasteiger partial charge in [-0.25, -0.2) is 9.98 Å². The molecule has 25 heavy (non-hydrogen) atoms. The van der Waals surface area contributed by atoms with Gasteiger partial charge in [-0.3, -0.25) is 0 Å². The second kappa shape index (κ2) is 9.00. The first-order valence-electron chi connectivity index (χ1n) is 8.00. The molecule has 0 bridgehead atoms. The molecule has 7 heteroatoms. The van der Waals surface area contributed by atoms with Crippen molar-refractivity contribution in [1.29, 1.82) is 0 Å². The Hall–Kier alpha value is -2.64. The molecule has 0 amide bonds. The Morgan fingerprint density at radius 3 is 2.96 bits per heavy atom. The molecule has 2 aromatic rings. The Labute approximate surface area is 152 Å². The lowest BCUT2D eigenvalue weighted by atomic mass is 10.2. The van der Waals surface area contributed by atoms with Crippen molar-refractivity contribution in [1.82, 2.24) is 4.98 Å². The summed E-state index contributed by atoms with van der Waals surface area (Å²) in [5, 5.41) is 7.19. The lowest BCUT2D eigenvalue weighted by molar-refractivity contribution is 1.07. The average molecular weight is 356 g/mol. The summed E-state index contributed by atoms with van der Waals surface area (Å²) in [5.41, 5.74) is 15.2. The molecule has 132 valence electrons. The van der Waals surface area contributed by atoms with Crippen LogP contribution in [0.2, 0.25) is 0 Å². The molecule has 0 aliphatic carbocycles. The van der Waals surface area contributed by atoms with E-state index >= 15 is 0 Å². The third-order valence-electron chi connectivity index (χ3n) is 3.32. The van der Waals surface area contributed by atoms with E-state index in [0.717, 1.165) is 33.5 Å². The van der Waals surface area contributed by atoms with Gasteiger partial charge in [0, 0.05) is 25.0 Å². The van der Waals surface area contributed by atoms with Crippen molar-refractivity contribution in [2.45, 2.75) is 20.4 Å². The Balaban J connectivity index is 2.00. The smallest absolute Gasteiger partial charge is 0.183 e. The van der Waals surface area contributed by atoms with Crippen molar-refractivity contribution in [2.75, 3.05) is 17.2 Å². The second-order valence-corrected chi connectivity index (χ2v) is 6.34. The van der Waals surface area contributed by atoms with Crippen LogP contribution in [0.15, 0.2) is 47.7 Å². The molecule has 0 saturated carbocycles. The number of aromatic nitrogens is 1. The largest absolute Gasteiger partial charge is 0.397 e.